The standard InChI is InChI=1S/C14H18FNO.C9H18O.C3H8.H2/c1-16-14(6-7-14)11-4-5-12(15)13(8-11)17-9-10-2-3-10;1-2-3-4-5-6-7-8-9-10;1-3-2;/h4-5,8,10,16H,2-3,6-7,9H2,1H3;9H,2-8H2,1H3;3H2,1-2H3;1H. The van der Waals surface area contributed by atoms with Crippen LogP contribution in [0.2, 0.25) is 0 Å². The summed E-state index contributed by atoms with van der Waals surface area (Å²) in [6.45, 7) is 7.12. The minimum Gasteiger partial charge on any atom is -0.490 e. The van der Waals surface area contributed by atoms with Gasteiger partial charge in [0.05, 0.1) is 6.61 Å². The highest BCUT2D eigenvalue weighted by molar-refractivity contribution is 5.48. The van der Waals surface area contributed by atoms with Crippen molar-refractivity contribution in [2.24, 2.45) is 5.92 Å². The number of hydrogen-bond acceptors (Lipinski definition) is 3. The average Bonchev–Trinajstić information content (AvgIpc) is 3.66. The van der Waals surface area contributed by atoms with Gasteiger partial charge in [-0.2, -0.15) is 0 Å². The summed E-state index contributed by atoms with van der Waals surface area (Å²) in [7, 11) is 1.96. The first-order valence-corrected chi connectivity index (χ1v) is 12.1. The van der Waals surface area contributed by atoms with E-state index in [1.54, 1.807) is 0 Å². The van der Waals surface area contributed by atoms with E-state index in [9.17, 15) is 9.18 Å². The SMILES string of the molecule is CCC.CCCCCCCCC=O.CNC1(c2ccc(F)c(OCC3CC3)c2)CC1.[HH]. The van der Waals surface area contributed by atoms with Crippen LogP contribution in [0, 0.1) is 11.7 Å². The van der Waals surface area contributed by atoms with E-state index in [-0.39, 0.29) is 12.8 Å². The molecule has 3 nitrogen and oxygen atoms in total. The highest BCUT2D eigenvalue weighted by Crippen LogP contribution is 2.46. The van der Waals surface area contributed by atoms with Crippen LogP contribution in [0.3, 0.4) is 0 Å². The fraction of sp³-hybridized carbons (Fsp3) is 0.731. The lowest BCUT2D eigenvalue weighted by molar-refractivity contribution is -0.107. The number of carbonyl (C=O) groups excluding carboxylic acids is 1. The lowest BCUT2D eigenvalue weighted by Gasteiger charge is -2.16. The van der Waals surface area contributed by atoms with E-state index < -0.39 is 0 Å². The number of halogens is 1. The van der Waals surface area contributed by atoms with E-state index in [1.165, 1.54) is 57.4 Å². The maximum atomic E-state index is 13.6. The first-order valence-electron chi connectivity index (χ1n) is 12.1. The Morgan fingerprint density at radius 2 is 1.77 bits per heavy atom. The van der Waals surface area contributed by atoms with Crippen molar-refractivity contribution in [3.8, 4) is 5.75 Å². The Morgan fingerprint density at radius 1 is 1.13 bits per heavy atom. The van der Waals surface area contributed by atoms with Gasteiger partial charge >= 0.3 is 0 Å². The number of aldehydes is 1. The molecule has 30 heavy (non-hydrogen) atoms. The van der Waals surface area contributed by atoms with Crippen LogP contribution in [0.5, 0.6) is 5.75 Å². The first kappa shape index (κ1) is 26.6. The minimum atomic E-state index is -0.249. The van der Waals surface area contributed by atoms with Gasteiger partial charge in [-0.3, -0.25) is 0 Å². The molecular weight excluding hydrogens is 377 g/mol. The second-order valence-corrected chi connectivity index (χ2v) is 8.66. The minimum absolute atomic E-state index is 0. The molecule has 4 heteroatoms. The van der Waals surface area contributed by atoms with Crippen LogP contribution >= 0.6 is 0 Å². The molecule has 174 valence electrons. The van der Waals surface area contributed by atoms with Gasteiger partial charge in [-0.1, -0.05) is 65.4 Å². The Kier molecular flexibility index (Phi) is 13.7. The number of rotatable bonds is 12. The van der Waals surface area contributed by atoms with E-state index in [0.717, 1.165) is 37.5 Å². The second-order valence-electron chi connectivity index (χ2n) is 8.66. The zero-order valence-corrected chi connectivity index (χ0v) is 19.8. The summed E-state index contributed by atoms with van der Waals surface area (Å²) in [6.07, 6.45) is 15.3. The van der Waals surface area contributed by atoms with Crippen molar-refractivity contribution in [3.63, 3.8) is 0 Å². The number of carbonyl (C=O) groups is 1. The molecule has 2 aliphatic carbocycles. The lowest BCUT2D eigenvalue weighted by atomic mass is 10.0. The molecule has 3 rings (SSSR count). The van der Waals surface area contributed by atoms with Crippen LogP contribution in [-0.4, -0.2) is 19.9 Å². The number of nitrogens with one attached hydrogen (secondary N) is 1. The predicted octanol–water partition coefficient (Wildman–Crippen LogP) is 7.42. The van der Waals surface area contributed by atoms with Crippen molar-refractivity contribution in [1.82, 2.24) is 5.32 Å². The summed E-state index contributed by atoms with van der Waals surface area (Å²) < 4.78 is 19.2. The molecule has 0 atom stereocenters. The Hall–Kier alpha value is -1.42. The quantitative estimate of drug-likeness (QED) is 0.281. The van der Waals surface area contributed by atoms with Crippen molar-refractivity contribution in [3.05, 3.63) is 29.6 Å². The van der Waals surface area contributed by atoms with Gasteiger partial charge in [0.15, 0.2) is 11.6 Å². The van der Waals surface area contributed by atoms with Gasteiger partial charge in [-0.15, -0.1) is 0 Å². The third kappa shape index (κ3) is 10.6. The Morgan fingerprint density at radius 3 is 2.30 bits per heavy atom. The van der Waals surface area contributed by atoms with Crippen molar-refractivity contribution >= 4 is 6.29 Å². The van der Waals surface area contributed by atoms with Gasteiger partial charge in [-0.25, -0.2) is 4.39 Å². The summed E-state index contributed by atoms with van der Waals surface area (Å²) in [6, 6.07) is 5.25. The largest absolute Gasteiger partial charge is 0.490 e. The fourth-order valence-corrected chi connectivity index (χ4v) is 3.22. The number of ether oxygens (including phenoxy) is 1. The van der Waals surface area contributed by atoms with Crippen molar-refractivity contribution in [2.75, 3.05) is 13.7 Å². The monoisotopic (exact) mass is 423 g/mol. The number of unbranched alkanes of at least 4 members (excludes halogenated alkanes) is 6. The van der Waals surface area contributed by atoms with Crippen LogP contribution < -0.4 is 10.1 Å². The van der Waals surface area contributed by atoms with E-state index in [1.807, 2.05) is 19.2 Å². The molecular formula is C26H46FNO2. The molecule has 0 unspecified atom stereocenters. The Bertz CT molecular complexity index is 589. The molecule has 0 aliphatic heterocycles. The Labute approximate surface area is 185 Å². The fourth-order valence-electron chi connectivity index (χ4n) is 3.22. The Balaban J connectivity index is 0.000000557. The van der Waals surface area contributed by atoms with Crippen molar-refractivity contribution in [2.45, 2.75) is 103 Å². The number of hydrogen-bond donors (Lipinski definition) is 1. The van der Waals surface area contributed by atoms with Gasteiger partial charge in [0, 0.05) is 13.4 Å². The molecule has 1 aromatic carbocycles. The van der Waals surface area contributed by atoms with Crippen LogP contribution in [0.1, 0.15) is 105 Å². The highest BCUT2D eigenvalue weighted by atomic mass is 19.1. The molecule has 0 bridgehead atoms. The van der Waals surface area contributed by atoms with E-state index in [4.69, 9.17) is 4.74 Å². The molecule has 1 N–H and O–H groups in total. The van der Waals surface area contributed by atoms with Gasteiger partial charge in [-0.05, 0) is 62.8 Å². The van der Waals surface area contributed by atoms with Gasteiger partial charge in [0.25, 0.3) is 0 Å². The maximum absolute atomic E-state index is 13.6. The van der Waals surface area contributed by atoms with E-state index in [0.29, 0.717) is 18.3 Å². The van der Waals surface area contributed by atoms with E-state index in [2.05, 4.69) is 26.1 Å². The lowest BCUT2D eigenvalue weighted by Crippen LogP contribution is -2.24. The highest BCUT2D eigenvalue weighted by Gasteiger charge is 2.43. The summed E-state index contributed by atoms with van der Waals surface area (Å²) in [5, 5.41) is 3.31. The number of benzene rings is 1. The third-order valence-corrected chi connectivity index (χ3v) is 5.56. The first-order chi connectivity index (χ1) is 14.6. The maximum Gasteiger partial charge on any atom is 0.165 e. The van der Waals surface area contributed by atoms with Crippen LogP contribution in [0.4, 0.5) is 4.39 Å². The summed E-state index contributed by atoms with van der Waals surface area (Å²) in [4.78, 5) is 9.89. The van der Waals surface area contributed by atoms with Crippen molar-refractivity contribution in [1.29, 1.82) is 0 Å². The topological polar surface area (TPSA) is 38.3 Å². The second kappa shape index (κ2) is 15.4. The molecule has 0 saturated heterocycles. The smallest absolute Gasteiger partial charge is 0.165 e. The predicted molar refractivity (Wildman–Crippen MR) is 127 cm³/mol. The molecule has 2 aliphatic rings. The van der Waals surface area contributed by atoms with Gasteiger partial charge < -0.3 is 14.8 Å². The molecule has 0 radical (unpaired) electrons. The molecule has 1 aromatic rings. The van der Waals surface area contributed by atoms with Crippen LogP contribution in [-0.2, 0) is 10.3 Å². The zero-order valence-electron chi connectivity index (χ0n) is 19.8. The third-order valence-electron chi connectivity index (χ3n) is 5.56. The van der Waals surface area contributed by atoms with Gasteiger partial charge in [0.1, 0.15) is 6.29 Å². The average molecular weight is 424 g/mol. The van der Waals surface area contributed by atoms with Crippen LogP contribution in [0.25, 0.3) is 0 Å². The molecule has 2 saturated carbocycles. The van der Waals surface area contributed by atoms with Crippen molar-refractivity contribution < 1.29 is 15.3 Å². The van der Waals surface area contributed by atoms with Gasteiger partial charge in [0.2, 0.25) is 0 Å². The van der Waals surface area contributed by atoms with Crippen LogP contribution in [0.15, 0.2) is 18.2 Å². The summed E-state index contributed by atoms with van der Waals surface area (Å²) in [5.41, 5.74) is 1.22. The normalized spacial score (nSPS) is 15.9. The summed E-state index contributed by atoms with van der Waals surface area (Å²) in [5.74, 6) is 0.814. The zero-order chi connectivity index (χ0) is 22.2. The molecule has 0 amide bonds. The molecule has 0 heterocycles. The summed E-state index contributed by atoms with van der Waals surface area (Å²) >= 11 is 0. The molecule has 0 aromatic heterocycles. The molecule has 0 spiro atoms. The van der Waals surface area contributed by atoms with E-state index >= 15 is 0 Å². The molecule has 2 fully saturated rings.